The number of carbonyl (C=O) groups excluding carboxylic acids is 3. The van der Waals surface area contributed by atoms with Gasteiger partial charge >= 0.3 is 17.9 Å². The first-order chi connectivity index (χ1) is 25.5. The van der Waals surface area contributed by atoms with Gasteiger partial charge in [0.05, 0.1) is 12.0 Å². The van der Waals surface area contributed by atoms with Crippen LogP contribution in [0.5, 0.6) is 5.75 Å². The van der Waals surface area contributed by atoms with E-state index in [-0.39, 0.29) is 12.8 Å². The molecule has 0 spiro atoms. The average molecular weight is 731 g/mol. The summed E-state index contributed by atoms with van der Waals surface area (Å²) in [5.74, 6) is -0.947. The molecule has 288 valence electrons. The summed E-state index contributed by atoms with van der Waals surface area (Å²) in [5, 5.41) is 11.3. The van der Waals surface area contributed by atoms with E-state index >= 15 is 0 Å². The maximum Gasteiger partial charge on any atom is 0.345 e. The van der Waals surface area contributed by atoms with Crippen molar-refractivity contribution >= 4 is 17.9 Å². The predicted molar refractivity (Wildman–Crippen MR) is 203 cm³/mol. The molecule has 3 aromatic carbocycles. The summed E-state index contributed by atoms with van der Waals surface area (Å²) in [6.45, 7) is 3.50. The van der Waals surface area contributed by atoms with E-state index < -0.39 is 47.4 Å². The zero-order valence-corrected chi connectivity index (χ0v) is 31.9. The number of aryl methyl sites for hydroxylation is 1. The molecule has 0 unspecified atom stereocenters. The Hall–Kier alpha value is -4.05. The van der Waals surface area contributed by atoms with E-state index in [1.807, 2.05) is 72.8 Å². The summed E-state index contributed by atoms with van der Waals surface area (Å²) in [6, 6.07) is 26.1. The topological polar surface area (TPSA) is 118 Å². The van der Waals surface area contributed by atoms with Crippen LogP contribution in [0.2, 0.25) is 0 Å². The Morgan fingerprint density at radius 3 is 1.77 bits per heavy atom. The van der Waals surface area contributed by atoms with Crippen LogP contribution in [0.25, 0.3) is 0 Å². The Bertz CT molecular complexity index is 1540. The van der Waals surface area contributed by atoms with E-state index in [1.165, 1.54) is 58.3 Å². The lowest BCUT2D eigenvalue weighted by atomic mass is 9.82. The molecule has 0 saturated carbocycles. The van der Waals surface area contributed by atoms with Crippen LogP contribution in [-0.4, -0.2) is 54.5 Å². The number of hydrogen-bond donors (Lipinski definition) is 1. The molecule has 4 rings (SSSR count). The molecule has 1 N–H and O–H groups in total. The first-order valence-electron chi connectivity index (χ1n) is 19.1. The molecule has 1 aliphatic heterocycles. The van der Waals surface area contributed by atoms with Crippen LogP contribution in [0.15, 0.2) is 84.9 Å². The molecule has 5 atom stereocenters. The second-order valence-corrected chi connectivity index (χ2v) is 14.7. The van der Waals surface area contributed by atoms with Gasteiger partial charge in [-0.1, -0.05) is 131 Å². The van der Waals surface area contributed by atoms with Gasteiger partial charge in [0.1, 0.15) is 11.4 Å². The minimum absolute atomic E-state index is 0.0518. The van der Waals surface area contributed by atoms with Gasteiger partial charge in [0, 0.05) is 20.6 Å². The summed E-state index contributed by atoms with van der Waals surface area (Å²) < 4.78 is 27.8. The van der Waals surface area contributed by atoms with Crippen LogP contribution >= 0.6 is 0 Å². The van der Waals surface area contributed by atoms with E-state index in [0.717, 1.165) is 37.7 Å². The SMILES string of the molecule is CO[C@@H](C(=O)Oc1ccc(CCCCCCCCCCCC[C@](C)(O)C[C@@]2(C)OC(=O)C[C@H]2OC(=O)[C@H](OC)c2ccccc2)cc1)c1ccccc1. The largest absolute Gasteiger partial charge is 0.455 e. The monoisotopic (exact) mass is 730 g/mol. The van der Waals surface area contributed by atoms with Crippen LogP contribution in [0.3, 0.4) is 0 Å². The van der Waals surface area contributed by atoms with Crippen LogP contribution in [0.1, 0.15) is 126 Å². The second-order valence-electron chi connectivity index (χ2n) is 14.7. The third-order valence-corrected chi connectivity index (χ3v) is 10.0. The van der Waals surface area contributed by atoms with Crippen LogP contribution in [-0.2, 0) is 39.8 Å². The zero-order chi connectivity index (χ0) is 38.1. The van der Waals surface area contributed by atoms with Crippen LogP contribution in [0, 0.1) is 0 Å². The van der Waals surface area contributed by atoms with E-state index in [1.54, 1.807) is 26.0 Å². The van der Waals surface area contributed by atoms with Gasteiger partial charge in [0.2, 0.25) is 0 Å². The van der Waals surface area contributed by atoms with Crippen molar-refractivity contribution in [2.24, 2.45) is 0 Å². The fourth-order valence-electron chi connectivity index (χ4n) is 7.23. The Kier molecular flexibility index (Phi) is 16.5. The number of aliphatic hydroxyl groups is 1. The lowest BCUT2D eigenvalue weighted by molar-refractivity contribution is -0.177. The van der Waals surface area contributed by atoms with Gasteiger partial charge in [-0.15, -0.1) is 0 Å². The minimum Gasteiger partial charge on any atom is -0.455 e. The maximum absolute atomic E-state index is 13.0. The summed E-state index contributed by atoms with van der Waals surface area (Å²) in [4.78, 5) is 38.0. The first kappa shape index (κ1) is 41.7. The Labute approximate surface area is 315 Å². The fraction of sp³-hybridized carbons (Fsp3) is 0.523. The van der Waals surface area contributed by atoms with Crippen molar-refractivity contribution in [2.45, 2.75) is 133 Å². The number of methoxy groups -OCH3 is 2. The van der Waals surface area contributed by atoms with Gasteiger partial charge in [-0.05, 0) is 61.9 Å². The molecule has 0 radical (unpaired) electrons. The van der Waals surface area contributed by atoms with Gasteiger partial charge in [-0.25, -0.2) is 9.59 Å². The van der Waals surface area contributed by atoms with Crippen LogP contribution in [0.4, 0.5) is 0 Å². The second kappa shape index (κ2) is 21.0. The number of unbranched alkanes of at least 4 members (excludes halogenated alkanes) is 9. The molecule has 1 aliphatic rings. The zero-order valence-electron chi connectivity index (χ0n) is 31.9. The molecule has 3 aromatic rings. The molecule has 0 amide bonds. The molecular weight excluding hydrogens is 672 g/mol. The van der Waals surface area contributed by atoms with Gasteiger partial charge in [0.15, 0.2) is 18.3 Å². The fourth-order valence-corrected chi connectivity index (χ4v) is 7.23. The Morgan fingerprint density at radius 1 is 0.755 bits per heavy atom. The molecule has 1 saturated heterocycles. The highest BCUT2D eigenvalue weighted by Gasteiger charge is 2.51. The summed E-state index contributed by atoms with van der Waals surface area (Å²) >= 11 is 0. The third-order valence-electron chi connectivity index (χ3n) is 10.0. The summed E-state index contributed by atoms with van der Waals surface area (Å²) in [5.41, 5.74) is 0.464. The number of benzene rings is 3. The van der Waals surface area contributed by atoms with Crippen molar-refractivity contribution in [1.29, 1.82) is 0 Å². The molecule has 0 aliphatic carbocycles. The van der Waals surface area contributed by atoms with E-state index in [4.69, 9.17) is 23.7 Å². The minimum atomic E-state index is -1.12. The summed E-state index contributed by atoms with van der Waals surface area (Å²) in [6.07, 6.45) is 10.6. The standard InChI is InChI=1S/C44H58O9/c1-43(48,32-44(2)37(31-38(45)53-44)52-42(47)40(50-4)35-24-18-14-19-25-35)30-20-12-10-8-6-5-7-9-11-15-21-33-26-28-36(29-27-33)51-41(46)39(49-3)34-22-16-13-17-23-34/h13-14,16-19,22-29,37,39-40,48H,5-12,15,20-21,30-32H2,1-4H3/t37-,39-,40-,43+,44-/m1/s1. The van der Waals surface area contributed by atoms with Crippen molar-refractivity contribution in [2.75, 3.05) is 14.2 Å². The molecule has 1 fully saturated rings. The van der Waals surface area contributed by atoms with Gasteiger partial charge in [-0.2, -0.15) is 0 Å². The van der Waals surface area contributed by atoms with Gasteiger partial charge in [-0.3, -0.25) is 4.79 Å². The Morgan fingerprint density at radius 2 is 1.25 bits per heavy atom. The number of esters is 3. The smallest absolute Gasteiger partial charge is 0.345 e. The number of cyclic esters (lactones) is 1. The average Bonchev–Trinajstić information content (AvgIpc) is 3.41. The van der Waals surface area contributed by atoms with Crippen molar-refractivity contribution in [3.63, 3.8) is 0 Å². The molecule has 9 heteroatoms. The highest BCUT2D eigenvalue weighted by atomic mass is 16.6. The van der Waals surface area contributed by atoms with Gasteiger partial charge in [0.25, 0.3) is 0 Å². The molecule has 0 bridgehead atoms. The Balaban J connectivity index is 1.04. The lowest BCUT2D eigenvalue weighted by Crippen LogP contribution is -2.46. The lowest BCUT2D eigenvalue weighted by Gasteiger charge is -2.36. The molecule has 53 heavy (non-hydrogen) atoms. The first-order valence-corrected chi connectivity index (χ1v) is 19.1. The van der Waals surface area contributed by atoms with Crippen molar-refractivity contribution < 1.29 is 43.2 Å². The molecule has 9 nitrogen and oxygen atoms in total. The van der Waals surface area contributed by atoms with Gasteiger partial charge < -0.3 is 28.8 Å². The van der Waals surface area contributed by atoms with E-state index in [9.17, 15) is 19.5 Å². The summed E-state index contributed by atoms with van der Waals surface area (Å²) in [7, 11) is 2.95. The molecule has 1 heterocycles. The maximum atomic E-state index is 13.0. The third kappa shape index (κ3) is 13.4. The highest BCUT2D eigenvalue weighted by molar-refractivity contribution is 5.79. The van der Waals surface area contributed by atoms with Crippen molar-refractivity contribution in [1.82, 2.24) is 0 Å². The number of rotatable bonds is 23. The van der Waals surface area contributed by atoms with E-state index in [2.05, 4.69) is 0 Å². The van der Waals surface area contributed by atoms with Crippen LogP contribution < -0.4 is 4.74 Å². The van der Waals surface area contributed by atoms with Crippen molar-refractivity contribution in [3.8, 4) is 5.75 Å². The normalized spacial score (nSPS) is 19.2. The van der Waals surface area contributed by atoms with E-state index in [0.29, 0.717) is 17.7 Å². The quantitative estimate of drug-likeness (QED) is 0.0580. The number of carbonyl (C=O) groups is 3. The highest BCUT2D eigenvalue weighted by Crippen LogP contribution is 2.39. The molecular formula is C44H58O9. The number of hydrogen-bond acceptors (Lipinski definition) is 9. The van der Waals surface area contributed by atoms with Crippen molar-refractivity contribution in [3.05, 3.63) is 102 Å². The number of ether oxygens (including phenoxy) is 5. The molecule has 0 aromatic heterocycles. The predicted octanol–water partition coefficient (Wildman–Crippen LogP) is 8.96.